The first-order valence-corrected chi connectivity index (χ1v) is 5.87. The van der Waals surface area contributed by atoms with Gasteiger partial charge in [0.15, 0.2) is 0 Å². The molecule has 0 aliphatic carbocycles. The molecule has 0 fully saturated rings. The zero-order valence-corrected chi connectivity index (χ0v) is 11.6. The summed E-state index contributed by atoms with van der Waals surface area (Å²) in [5.41, 5.74) is 9.74. The Morgan fingerprint density at radius 2 is 1.94 bits per heavy atom. The van der Waals surface area contributed by atoms with Gasteiger partial charge in [-0.2, -0.15) is 0 Å². The highest BCUT2D eigenvalue weighted by molar-refractivity contribution is 6.03. The number of allylic oxidation sites excluding steroid dienone is 6. The van der Waals surface area contributed by atoms with Gasteiger partial charge in [0.2, 0.25) is 0 Å². The van der Waals surface area contributed by atoms with Crippen molar-refractivity contribution in [1.29, 1.82) is 0 Å². The summed E-state index contributed by atoms with van der Waals surface area (Å²) in [6.45, 7) is 12.2. The van der Waals surface area contributed by atoms with Gasteiger partial charge in [-0.3, -0.25) is 4.99 Å². The predicted octanol–water partition coefficient (Wildman–Crippen LogP) is 3.63. The van der Waals surface area contributed by atoms with Gasteiger partial charge < -0.3 is 5.73 Å². The van der Waals surface area contributed by atoms with Crippen LogP contribution in [0.3, 0.4) is 0 Å². The SMILES string of the molecule is C=C(/C=C\C)/C(C)=C/C(=C/N)C(=NC)C(C)C. The first-order valence-electron chi connectivity index (χ1n) is 5.87. The molecule has 0 aromatic heterocycles. The Morgan fingerprint density at radius 1 is 1.35 bits per heavy atom. The maximum absolute atomic E-state index is 5.67. The lowest BCUT2D eigenvalue weighted by molar-refractivity contribution is 0.881. The molecule has 0 amide bonds. The highest BCUT2D eigenvalue weighted by Crippen LogP contribution is 2.15. The van der Waals surface area contributed by atoms with Crippen molar-refractivity contribution in [1.82, 2.24) is 0 Å². The fraction of sp³-hybridized carbons (Fsp3) is 0.400. The van der Waals surface area contributed by atoms with Gasteiger partial charge in [-0.15, -0.1) is 0 Å². The Balaban J connectivity index is 5.20. The Bertz CT molecular complexity index is 380. The summed E-state index contributed by atoms with van der Waals surface area (Å²) < 4.78 is 0. The molecule has 0 spiro atoms. The van der Waals surface area contributed by atoms with E-state index >= 15 is 0 Å². The summed E-state index contributed by atoms with van der Waals surface area (Å²) >= 11 is 0. The third-order valence-corrected chi connectivity index (χ3v) is 2.51. The van der Waals surface area contributed by atoms with E-state index in [-0.39, 0.29) is 0 Å². The lowest BCUT2D eigenvalue weighted by Gasteiger charge is -2.11. The molecule has 0 saturated heterocycles. The maximum atomic E-state index is 5.67. The number of hydrogen-bond donors (Lipinski definition) is 1. The van der Waals surface area contributed by atoms with Gasteiger partial charge >= 0.3 is 0 Å². The summed E-state index contributed by atoms with van der Waals surface area (Å²) in [6.07, 6.45) is 7.60. The molecular weight excluding hydrogens is 208 g/mol. The van der Waals surface area contributed by atoms with Crippen LogP contribution in [0.2, 0.25) is 0 Å². The van der Waals surface area contributed by atoms with Gasteiger partial charge in [-0.1, -0.05) is 32.6 Å². The molecule has 0 aliphatic rings. The van der Waals surface area contributed by atoms with E-state index in [2.05, 4.69) is 25.4 Å². The van der Waals surface area contributed by atoms with E-state index in [0.29, 0.717) is 5.92 Å². The van der Waals surface area contributed by atoms with Crippen molar-refractivity contribution in [2.75, 3.05) is 7.05 Å². The van der Waals surface area contributed by atoms with E-state index in [9.17, 15) is 0 Å². The molecular formula is C15H24N2. The Labute approximate surface area is 105 Å². The second-order valence-corrected chi connectivity index (χ2v) is 4.24. The van der Waals surface area contributed by atoms with Crippen molar-refractivity contribution < 1.29 is 0 Å². The average molecular weight is 232 g/mol. The number of rotatable bonds is 5. The lowest BCUT2D eigenvalue weighted by atomic mass is 9.97. The molecule has 2 nitrogen and oxygen atoms in total. The van der Waals surface area contributed by atoms with Crippen LogP contribution >= 0.6 is 0 Å². The summed E-state index contributed by atoms with van der Waals surface area (Å²) in [6, 6.07) is 0. The Morgan fingerprint density at radius 3 is 2.29 bits per heavy atom. The second-order valence-electron chi connectivity index (χ2n) is 4.24. The molecule has 0 aromatic carbocycles. The molecule has 0 unspecified atom stereocenters. The van der Waals surface area contributed by atoms with Crippen molar-refractivity contribution >= 4 is 5.71 Å². The minimum atomic E-state index is 0.355. The van der Waals surface area contributed by atoms with Gasteiger partial charge in [0, 0.05) is 24.5 Å². The lowest BCUT2D eigenvalue weighted by Crippen LogP contribution is -2.11. The number of hydrogen-bond acceptors (Lipinski definition) is 2. The van der Waals surface area contributed by atoms with Crippen molar-refractivity contribution in [2.24, 2.45) is 16.6 Å². The quantitative estimate of drug-likeness (QED) is 0.570. The molecule has 2 heteroatoms. The molecule has 2 N–H and O–H groups in total. The average Bonchev–Trinajstić information content (AvgIpc) is 2.28. The van der Waals surface area contributed by atoms with Gasteiger partial charge in [0.1, 0.15) is 0 Å². The smallest absolute Gasteiger partial charge is 0.0457 e. The Kier molecular flexibility index (Phi) is 6.95. The normalized spacial score (nSPS) is 14.8. The molecule has 0 atom stereocenters. The van der Waals surface area contributed by atoms with Gasteiger partial charge in [0.05, 0.1) is 0 Å². The van der Waals surface area contributed by atoms with Crippen molar-refractivity contribution in [3.05, 3.63) is 47.7 Å². The zero-order valence-electron chi connectivity index (χ0n) is 11.6. The van der Waals surface area contributed by atoms with Gasteiger partial charge in [-0.05, 0) is 37.0 Å². The van der Waals surface area contributed by atoms with Crippen LogP contribution in [0.4, 0.5) is 0 Å². The third-order valence-electron chi connectivity index (χ3n) is 2.51. The van der Waals surface area contributed by atoms with Crippen LogP contribution in [0, 0.1) is 5.92 Å². The third kappa shape index (κ3) is 4.85. The molecule has 0 bridgehead atoms. The monoisotopic (exact) mass is 232 g/mol. The molecule has 0 radical (unpaired) electrons. The van der Waals surface area contributed by atoms with Crippen molar-refractivity contribution in [3.63, 3.8) is 0 Å². The number of aliphatic imine (C=N–C) groups is 1. The van der Waals surface area contributed by atoms with E-state index in [1.165, 1.54) is 0 Å². The molecule has 94 valence electrons. The van der Waals surface area contributed by atoms with E-state index in [0.717, 1.165) is 22.4 Å². The fourth-order valence-electron chi connectivity index (χ4n) is 1.59. The molecule has 0 aliphatic heterocycles. The van der Waals surface area contributed by atoms with Crippen LogP contribution in [0.15, 0.2) is 52.7 Å². The standard InChI is InChI=1S/C15H24N2/c1-7-8-12(4)13(5)9-14(10-16)15(17-6)11(2)3/h7-11H,4,16H2,1-3,5-6H3/b8-7-,13-9+,14-10-,17-15?. The minimum Gasteiger partial charge on any atom is -0.404 e. The van der Waals surface area contributed by atoms with E-state index in [4.69, 9.17) is 5.73 Å². The predicted molar refractivity (Wildman–Crippen MR) is 78.2 cm³/mol. The van der Waals surface area contributed by atoms with E-state index in [1.54, 1.807) is 13.2 Å². The molecule has 0 saturated carbocycles. The molecule has 0 aromatic rings. The van der Waals surface area contributed by atoms with Crippen LogP contribution in [-0.4, -0.2) is 12.8 Å². The first kappa shape index (κ1) is 15.4. The molecule has 0 rings (SSSR count). The second kappa shape index (κ2) is 7.66. The van der Waals surface area contributed by atoms with Crippen LogP contribution in [0.25, 0.3) is 0 Å². The Hall–Kier alpha value is -1.57. The van der Waals surface area contributed by atoms with Gasteiger partial charge in [0.25, 0.3) is 0 Å². The summed E-state index contributed by atoms with van der Waals surface area (Å²) in [5.74, 6) is 0.355. The largest absolute Gasteiger partial charge is 0.404 e. The number of nitrogens with zero attached hydrogens (tertiary/aromatic N) is 1. The maximum Gasteiger partial charge on any atom is 0.0457 e. The summed E-state index contributed by atoms with van der Waals surface area (Å²) in [4.78, 5) is 4.29. The topological polar surface area (TPSA) is 38.4 Å². The summed E-state index contributed by atoms with van der Waals surface area (Å²) in [7, 11) is 1.79. The number of nitrogens with two attached hydrogens (primary N) is 1. The van der Waals surface area contributed by atoms with Crippen LogP contribution in [0.1, 0.15) is 27.7 Å². The van der Waals surface area contributed by atoms with Crippen LogP contribution < -0.4 is 5.73 Å². The minimum absolute atomic E-state index is 0.355. The van der Waals surface area contributed by atoms with Crippen molar-refractivity contribution in [3.8, 4) is 0 Å². The zero-order chi connectivity index (χ0) is 13.4. The van der Waals surface area contributed by atoms with Crippen LogP contribution in [-0.2, 0) is 0 Å². The van der Waals surface area contributed by atoms with E-state index in [1.807, 2.05) is 32.1 Å². The summed E-state index contributed by atoms with van der Waals surface area (Å²) in [5, 5.41) is 0. The van der Waals surface area contributed by atoms with Crippen LogP contribution in [0.5, 0.6) is 0 Å². The molecule has 17 heavy (non-hydrogen) atoms. The highest BCUT2D eigenvalue weighted by Gasteiger charge is 2.08. The van der Waals surface area contributed by atoms with Gasteiger partial charge in [-0.25, -0.2) is 0 Å². The first-order chi connectivity index (χ1) is 7.97. The van der Waals surface area contributed by atoms with Crippen molar-refractivity contribution in [2.45, 2.75) is 27.7 Å². The van der Waals surface area contributed by atoms with E-state index < -0.39 is 0 Å². The molecule has 0 heterocycles. The highest BCUT2D eigenvalue weighted by atomic mass is 14.7. The fourth-order valence-corrected chi connectivity index (χ4v) is 1.59.